The van der Waals surface area contributed by atoms with E-state index in [1.54, 1.807) is 0 Å². The van der Waals surface area contributed by atoms with Gasteiger partial charge in [-0.3, -0.25) is 4.79 Å². The predicted molar refractivity (Wildman–Crippen MR) is 63.8 cm³/mol. The molecule has 0 amide bonds. The van der Waals surface area contributed by atoms with Gasteiger partial charge in [-0.25, -0.2) is 17.6 Å². The van der Waals surface area contributed by atoms with E-state index in [0.717, 1.165) is 6.07 Å². The van der Waals surface area contributed by atoms with Crippen LogP contribution in [0, 0.1) is 23.3 Å². The molecule has 0 aromatic heterocycles. The number of carbonyl (C=O) groups excluding carboxylic acids is 1. The molecule has 0 saturated heterocycles. The lowest BCUT2D eigenvalue weighted by molar-refractivity contribution is 0.103. The summed E-state index contributed by atoms with van der Waals surface area (Å²) in [6.07, 6.45) is 0. The summed E-state index contributed by atoms with van der Waals surface area (Å²) in [6, 6.07) is 4.57. The molecule has 2 aromatic carbocycles. The Kier molecular flexibility index (Phi) is 3.71. The molecule has 0 spiro atoms. The standard InChI is InChI=1S/C13H5BrF4O/c14-8-3-6(1-2-9(8)15)13(19)7-4-10(16)12(18)11(17)5-7/h1-5H. The number of hydrogen-bond acceptors (Lipinski definition) is 1. The maximum Gasteiger partial charge on any atom is 0.194 e. The average Bonchev–Trinajstić information content (AvgIpc) is 2.37. The first kappa shape index (κ1) is 13.7. The number of halogens is 5. The summed E-state index contributed by atoms with van der Waals surface area (Å²) in [5, 5.41) is 0. The van der Waals surface area contributed by atoms with E-state index in [2.05, 4.69) is 15.9 Å². The molecule has 0 aliphatic rings. The zero-order chi connectivity index (χ0) is 14.2. The van der Waals surface area contributed by atoms with E-state index in [1.165, 1.54) is 12.1 Å². The first-order chi connectivity index (χ1) is 8.90. The van der Waals surface area contributed by atoms with Crippen molar-refractivity contribution in [3.8, 4) is 0 Å². The fraction of sp³-hybridized carbons (Fsp3) is 0. The molecule has 0 aliphatic carbocycles. The molecule has 0 saturated carbocycles. The third-order valence-corrected chi connectivity index (χ3v) is 3.04. The summed E-state index contributed by atoms with van der Waals surface area (Å²) >= 11 is 2.89. The highest BCUT2D eigenvalue weighted by molar-refractivity contribution is 9.10. The molecular formula is C13H5BrF4O. The molecule has 6 heteroatoms. The fourth-order valence-corrected chi connectivity index (χ4v) is 1.87. The van der Waals surface area contributed by atoms with Crippen LogP contribution in [0.1, 0.15) is 15.9 Å². The lowest BCUT2D eigenvalue weighted by atomic mass is 10.0. The maximum absolute atomic E-state index is 13.0. The normalized spacial score (nSPS) is 10.6. The molecule has 19 heavy (non-hydrogen) atoms. The van der Waals surface area contributed by atoms with Crippen LogP contribution in [-0.2, 0) is 0 Å². The van der Waals surface area contributed by atoms with Gasteiger partial charge in [-0.2, -0.15) is 0 Å². The van der Waals surface area contributed by atoms with Gasteiger partial charge in [-0.05, 0) is 46.3 Å². The molecule has 2 aromatic rings. The van der Waals surface area contributed by atoms with E-state index >= 15 is 0 Å². The van der Waals surface area contributed by atoms with Crippen molar-refractivity contribution >= 4 is 21.7 Å². The van der Waals surface area contributed by atoms with Gasteiger partial charge in [0, 0.05) is 11.1 Å². The van der Waals surface area contributed by atoms with Crippen LogP contribution >= 0.6 is 15.9 Å². The summed E-state index contributed by atoms with van der Waals surface area (Å²) in [5.74, 6) is -5.86. The van der Waals surface area contributed by atoms with Gasteiger partial charge >= 0.3 is 0 Å². The topological polar surface area (TPSA) is 17.1 Å². The lowest BCUT2D eigenvalue weighted by Gasteiger charge is -2.04. The van der Waals surface area contributed by atoms with Crippen molar-refractivity contribution in [2.24, 2.45) is 0 Å². The van der Waals surface area contributed by atoms with Gasteiger partial charge in [0.25, 0.3) is 0 Å². The van der Waals surface area contributed by atoms with Gasteiger partial charge in [-0.1, -0.05) is 0 Å². The first-order valence-corrected chi connectivity index (χ1v) is 5.83. The van der Waals surface area contributed by atoms with E-state index in [0.29, 0.717) is 12.1 Å². The largest absolute Gasteiger partial charge is 0.289 e. The highest BCUT2D eigenvalue weighted by atomic mass is 79.9. The van der Waals surface area contributed by atoms with E-state index in [-0.39, 0.29) is 15.6 Å². The molecule has 0 fully saturated rings. The smallest absolute Gasteiger partial charge is 0.194 e. The quantitative estimate of drug-likeness (QED) is 0.457. The van der Waals surface area contributed by atoms with Gasteiger partial charge in [0.2, 0.25) is 0 Å². The molecule has 98 valence electrons. The maximum atomic E-state index is 13.0. The van der Waals surface area contributed by atoms with Gasteiger partial charge in [-0.15, -0.1) is 0 Å². The van der Waals surface area contributed by atoms with Gasteiger partial charge in [0.1, 0.15) is 5.82 Å². The van der Waals surface area contributed by atoms with Crippen LogP contribution in [0.3, 0.4) is 0 Å². The second kappa shape index (κ2) is 5.13. The lowest BCUT2D eigenvalue weighted by Crippen LogP contribution is -2.05. The van der Waals surface area contributed by atoms with E-state index < -0.39 is 29.1 Å². The second-order valence-electron chi connectivity index (χ2n) is 3.71. The molecule has 0 radical (unpaired) electrons. The number of benzene rings is 2. The SMILES string of the molecule is O=C(c1cc(F)c(F)c(F)c1)c1ccc(F)c(Br)c1. The average molecular weight is 333 g/mol. The minimum Gasteiger partial charge on any atom is -0.289 e. The number of rotatable bonds is 2. The number of hydrogen-bond donors (Lipinski definition) is 0. The minimum absolute atomic E-state index is 0.0266. The van der Waals surface area contributed by atoms with Crippen molar-refractivity contribution in [3.63, 3.8) is 0 Å². The van der Waals surface area contributed by atoms with Gasteiger partial charge in [0.15, 0.2) is 23.2 Å². The Bertz CT molecular complexity index is 647. The van der Waals surface area contributed by atoms with Crippen LogP contribution in [0.25, 0.3) is 0 Å². The van der Waals surface area contributed by atoms with Gasteiger partial charge < -0.3 is 0 Å². The van der Waals surface area contributed by atoms with E-state index in [1.807, 2.05) is 0 Å². The third kappa shape index (κ3) is 2.68. The molecule has 0 unspecified atom stereocenters. The molecule has 0 atom stereocenters. The van der Waals surface area contributed by atoms with Crippen molar-refractivity contribution in [2.45, 2.75) is 0 Å². The van der Waals surface area contributed by atoms with Crippen molar-refractivity contribution < 1.29 is 22.4 Å². The Morgan fingerprint density at radius 3 is 1.95 bits per heavy atom. The molecule has 2 rings (SSSR count). The fourth-order valence-electron chi connectivity index (χ4n) is 1.49. The van der Waals surface area contributed by atoms with Crippen LogP contribution < -0.4 is 0 Å². The Morgan fingerprint density at radius 1 is 0.842 bits per heavy atom. The molecule has 0 bridgehead atoms. The van der Waals surface area contributed by atoms with Crippen LogP contribution in [-0.4, -0.2) is 5.78 Å². The minimum atomic E-state index is -1.64. The molecular weight excluding hydrogens is 328 g/mol. The van der Waals surface area contributed by atoms with E-state index in [9.17, 15) is 22.4 Å². The monoisotopic (exact) mass is 332 g/mol. The van der Waals surface area contributed by atoms with Crippen LogP contribution in [0.4, 0.5) is 17.6 Å². The first-order valence-electron chi connectivity index (χ1n) is 5.04. The van der Waals surface area contributed by atoms with Crippen molar-refractivity contribution in [1.29, 1.82) is 0 Å². The van der Waals surface area contributed by atoms with Crippen molar-refractivity contribution in [2.75, 3.05) is 0 Å². The Labute approximate surface area is 114 Å². The summed E-state index contributed by atoms with van der Waals surface area (Å²) in [4.78, 5) is 11.9. The Morgan fingerprint density at radius 2 is 1.42 bits per heavy atom. The number of carbonyl (C=O) groups is 1. The highest BCUT2D eigenvalue weighted by Gasteiger charge is 2.17. The third-order valence-electron chi connectivity index (χ3n) is 2.43. The van der Waals surface area contributed by atoms with Crippen LogP contribution in [0.2, 0.25) is 0 Å². The van der Waals surface area contributed by atoms with E-state index in [4.69, 9.17) is 0 Å². The summed E-state index contributed by atoms with van der Waals surface area (Å²) in [7, 11) is 0. The summed E-state index contributed by atoms with van der Waals surface area (Å²) in [5.41, 5.74) is -0.325. The van der Waals surface area contributed by atoms with Gasteiger partial charge in [0.05, 0.1) is 4.47 Å². The predicted octanol–water partition coefficient (Wildman–Crippen LogP) is 4.24. The Balaban J connectivity index is 2.47. The number of ketones is 1. The van der Waals surface area contributed by atoms with Crippen molar-refractivity contribution in [3.05, 3.63) is 69.2 Å². The van der Waals surface area contributed by atoms with Crippen LogP contribution in [0.15, 0.2) is 34.8 Å². The molecule has 0 heterocycles. The summed E-state index contributed by atoms with van der Waals surface area (Å²) < 4.78 is 51.9. The molecule has 1 nitrogen and oxygen atoms in total. The van der Waals surface area contributed by atoms with Crippen LogP contribution in [0.5, 0.6) is 0 Å². The molecule has 0 N–H and O–H groups in total. The zero-order valence-corrected chi connectivity index (χ0v) is 10.8. The highest BCUT2D eigenvalue weighted by Crippen LogP contribution is 2.21. The van der Waals surface area contributed by atoms with Crippen molar-refractivity contribution in [1.82, 2.24) is 0 Å². The zero-order valence-electron chi connectivity index (χ0n) is 9.18. The summed E-state index contributed by atoms with van der Waals surface area (Å²) in [6.45, 7) is 0. The Hall–Kier alpha value is -1.69. The second-order valence-corrected chi connectivity index (χ2v) is 4.57. The molecule has 0 aliphatic heterocycles.